The maximum absolute atomic E-state index is 13.1. The van der Waals surface area contributed by atoms with Crippen LogP contribution in [0.25, 0.3) is 21.1 Å². The summed E-state index contributed by atoms with van der Waals surface area (Å²) in [6, 6.07) is 21.1. The lowest BCUT2D eigenvalue weighted by Gasteiger charge is -2.31. The summed E-state index contributed by atoms with van der Waals surface area (Å²) >= 11 is 1.52. The molecule has 0 aliphatic carbocycles. The summed E-state index contributed by atoms with van der Waals surface area (Å²) in [6.45, 7) is 3.78. The molecule has 2 aromatic carbocycles. The van der Waals surface area contributed by atoms with E-state index < -0.39 is 0 Å². The van der Waals surface area contributed by atoms with Gasteiger partial charge in [0.05, 0.1) is 10.4 Å². The highest BCUT2D eigenvalue weighted by Gasteiger charge is 2.25. The zero-order chi connectivity index (χ0) is 19.8. The number of hydrogen-bond donors (Lipinski definition) is 0. The first-order valence-electron chi connectivity index (χ1n) is 10.3. The summed E-state index contributed by atoms with van der Waals surface area (Å²) in [5, 5.41) is 2.20. The van der Waals surface area contributed by atoms with E-state index in [2.05, 4.69) is 61.5 Å². The van der Waals surface area contributed by atoms with Crippen molar-refractivity contribution < 1.29 is 4.79 Å². The largest absolute Gasteiger partial charge is 0.338 e. The van der Waals surface area contributed by atoms with Crippen molar-refractivity contribution in [3.63, 3.8) is 0 Å². The van der Waals surface area contributed by atoms with Crippen molar-refractivity contribution in [2.24, 2.45) is 5.92 Å². The van der Waals surface area contributed by atoms with Gasteiger partial charge in [0, 0.05) is 23.9 Å². The third-order valence-electron chi connectivity index (χ3n) is 5.94. The fourth-order valence-electron chi connectivity index (χ4n) is 4.30. The molecule has 0 spiro atoms. The van der Waals surface area contributed by atoms with Crippen molar-refractivity contribution in [3.8, 4) is 0 Å². The molecular weight excluding hydrogens is 376 g/mol. The Balaban J connectivity index is 1.30. The topological polar surface area (TPSA) is 33.2 Å². The van der Waals surface area contributed by atoms with Crippen molar-refractivity contribution in [1.29, 1.82) is 0 Å². The Bertz CT molecular complexity index is 1170. The summed E-state index contributed by atoms with van der Waals surface area (Å²) in [7, 11) is 0. The minimum Gasteiger partial charge on any atom is -0.338 e. The highest BCUT2D eigenvalue weighted by Crippen LogP contribution is 2.30. The van der Waals surface area contributed by atoms with Crippen LogP contribution in [0.15, 0.2) is 60.7 Å². The second kappa shape index (κ2) is 7.60. The van der Waals surface area contributed by atoms with Gasteiger partial charge in [0.2, 0.25) is 0 Å². The Hall–Kier alpha value is -2.72. The number of carbonyl (C=O) groups is 1. The van der Waals surface area contributed by atoms with Crippen LogP contribution in [0.1, 0.15) is 33.6 Å². The fourth-order valence-corrected chi connectivity index (χ4v) is 5.29. The Labute approximate surface area is 175 Å². The monoisotopic (exact) mass is 400 g/mol. The van der Waals surface area contributed by atoms with Crippen molar-refractivity contribution in [2.45, 2.75) is 26.2 Å². The standard InChI is InChI=1S/C25H24N2OS/c1-17-7-8-22-20(13-17)15-21-16-23(29-24(21)26-22)25(28)27-11-9-19(10-12-27)14-18-5-3-2-4-6-18/h2-8,13,15-16,19H,9-12,14H2,1H3. The van der Waals surface area contributed by atoms with Gasteiger partial charge in [0.15, 0.2) is 0 Å². The molecule has 1 saturated heterocycles. The summed E-state index contributed by atoms with van der Waals surface area (Å²) in [5.41, 5.74) is 3.62. The number of carbonyl (C=O) groups excluding carboxylic acids is 1. The Morgan fingerprint density at radius 2 is 1.83 bits per heavy atom. The highest BCUT2D eigenvalue weighted by molar-refractivity contribution is 7.20. The fraction of sp³-hybridized carbons (Fsp3) is 0.280. The predicted octanol–water partition coefficient (Wildman–Crippen LogP) is 5.85. The molecule has 0 radical (unpaired) electrons. The third-order valence-corrected chi connectivity index (χ3v) is 6.97. The zero-order valence-electron chi connectivity index (χ0n) is 16.6. The lowest BCUT2D eigenvalue weighted by molar-refractivity contribution is 0.0695. The Morgan fingerprint density at radius 3 is 2.62 bits per heavy atom. The van der Waals surface area contributed by atoms with Crippen LogP contribution in [0.3, 0.4) is 0 Å². The van der Waals surface area contributed by atoms with Gasteiger partial charge < -0.3 is 4.90 Å². The number of fused-ring (bicyclic) bond motifs is 2. The number of piperidine rings is 1. The van der Waals surface area contributed by atoms with Crippen LogP contribution in [-0.2, 0) is 6.42 Å². The third kappa shape index (κ3) is 3.77. The molecule has 5 rings (SSSR count). The van der Waals surface area contributed by atoms with E-state index in [1.165, 1.54) is 22.5 Å². The maximum Gasteiger partial charge on any atom is 0.264 e. The van der Waals surface area contributed by atoms with Gasteiger partial charge >= 0.3 is 0 Å². The number of pyridine rings is 1. The first-order valence-corrected chi connectivity index (χ1v) is 11.1. The van der Waals surface area contributed by atoms with E-state index in [0.29, 0.717) is 5.92 Å². The van der Waals surface area contributed by atoms with E-state index in [9.17, 15) is 4.79 Å². The molecule has 3 nitrogen and oxygen atoms in total. The van der Waals surface area contributed by atoms with Crippen LogP contribution in [0.4, 0.5) is 0 Å². The molecule has 3 heterocycles. The Morgan fingerprint density at radius 1 is 1.03 bits per heavy atom. The summed E-state index contributed by atoms with van der Waals surface area (Å²) in [4.78, 5) is 21.6. The maximum atomic E-state index is 13.1. The average molecular weight is 401 g/mol. The van der Waals surface area contributed by atoms with E-state index in [1.54, 1.807) is 0 Å². The first kappa shape index (κ1) is 18.3. The summed E-state index contributed by atoms with van der Waals surface area (Å²) in [6.07, 6.45) is 3.27. The SMILES string of the molecule is Cc1ccc2nc3sc(C(=O)N4CCC(Cc5ccccc5)CC4)cc3cc2c1. The number of benzene rings is 2. The van der Waals surface area contributed by atoms with Gasteiger partial charge in [0.25, 0.3) is 5.91 Å². The molecule has 1 amide bonds. The van der Waals surface area contributed by atoms with Gasteiger partial charge in [-0.2, -0.15) is 0 Å². The second-order valence-electron chi connectivity index (χ2n) is 8.11. The molecule has 1 fully saturated rings. The molecule has 0 N–H and O–H groups in total. The number of aryl methyl sites for hydroxylation is 1. The number of rotatable bonds is 3. The van der Waals surface area contributed by atoms with Crippen molar-refractivity contribution in [2.75, 3.05) is 13.1 Å². The molecule has 4 aromatic rings. The minimum absolute atomic E-state index is 0.159. The van der Waals surface area contributed by atoms with Gasteiger partial charge in [-0.3, -0.25) is 4.79 Å². The number of amides is 1. The van der Waals surface area contributed by atoms with Gasteiger partial charge in [-0.15, -0.1) is 11.3 Å². The van der Waals surface area contributed by atoms with E-state index in [-0.39, 0.29) is 5.91 Å². The molecule has 1 aliphatic rings. The van der Waals surface area contributed by atoms with Gasteiger partial charge in [-0.25, -0.2) is 4.98 Å². The second-order valence-corrected chi connectivity index (χ2v) is 9.15. The molecular formula is C25H24N2OS. The number of aromatic nitrogens is 1. The molecule has 4 heteroatoms. The summed E-state index contributed by atoms with van der Waals surface area (Å²) in [5.74, 6) is 0.825. The smallest absolute Gasteiger partial charge is 0.264 e. The molecule has 0 atom stereocenters. The molecule has 0 bridgehead atoms. The number of hydrogen-bond acceptors (Lipinski definition) is 3. The Kier molecular flexibility index (Phi) is 4.80. The minimum atomic E-state index is 0.159. The van der Waals surface area contributed by atoms with Crippen molar-refractivity contribution in [3.05, 3.63) is 76.7 Å². The molecule has 1 aliphatic heterocycles. The van der Waals surface area contributed by atoms with E-state index >= 15 is 0 Å². The number of likely N-dealkylation sites (tertiary alicyclic amines) is 1. The molecule has 29 heavy (non-hydrogen) atoms. The van der Waals surface area contributed by atoms with Gasteiger partial charge in [0.1, 0.15) is 4.83 Å². The van der Waals surface area contributed by atoms with Crippen LogP contribution in [0, 0.1) is 12.8 Å². The lowest BCUT2D eigenvalue weighted by Crippen LogP contribution is -2.38. The van der Waals surface area contributed by atoms with Crippen LogP contribution in [0.2, 0.25) is 0 Å². The molecule has 2 aromatic heterocycles. The van der Waals surface area contributed by atoms with Crippen LogP contribution >= 0.6 is 11.3 Å². The van der Waals surface area contributed by atoms with Gasteiger partial charge in [-0.05, 0) is 61.9 Å². The van der Waals surface area contributed by atoms with E-state index in [0.717, 1.165) is 58.3 Å². The van der Waals surface area contributed by atoms with Crippen molar-refractivity contribution in [1.82, 2.24) is 9.88 Å². The lowest BCUT2D eigenvalue weighted by atomic mass is 9.90. The first-order chi connectivity index (χ1) is 14.2. The predicted molar refractivity (Wildman–Crippen MR) is 121 cm³/mol. The normalized spacial score (nSPS) is 15.3. The van der Waals surface area contributed by atoms with Crippen LogP contribution in [-0.4, -0.2) is 28.9 Å². The molecule has 0 unspecified atom stereocenters. The van der Waals surface area contributed by atoms with Gasteiger partial charge in [-0.1, -0.05) is 42.0 Å². The van der Waals surface area contributed by atoms with Crippen molar-refractivity contribution >= 4 is 38.4 Å². The number of nitrogens with zero attached hydrogens (tertiary/aromatic N) is 2. The average Bonchev–Trinajstić information content (AvgIpc) is 3.15. The van der Waals surface area contributed by atoms with E-state index in [1.807, 2.05) is 11.0 Å². The van der Waals surface area contributed by atoms with Crippen LogP contribution in [0.5, 0.6) is 0 Å². The number of thiophene rings is 1. The molecule has 146 valence electrons. The van der Waals surface area contributed by atoms with E-state index in [4.69, 9.17) is 4.98 Å². The summed E-state index contributed by atoms with van der Waals surface area (Å²) < 4.78 is 0. The highest BCUT2D eigenvalue weighted by atomic mass is 32.1. The van der Waals surface area contributed by atoms with Crippen LogP contribution < -0.4 is 0 Å². The molecule has 0 saturated carbocycles. The quantitative estimate of drug-likeness (QED) is 0.432. The zero-order valence-corrected chi connectivity index (χ0v) is 17.4.